The first-order valence-electron chi connectivity index (χ1n) is 8.98. The Labute approximate surface area is 135 Å². The first kappa shape index (κ1) is 17.9. The molecule has 2 aliphatic heterocycles. The zero-order valence-electron chi connectivity index (χ0n) is 14.3. The van der Waals surface area contributed by atoms with Gasteiger partial charge in [-0.1, -0.05) is 12.2 Å². The molecule has 0 aromatic heterocycles. The molecule has 128 valence electrons. The van der Waals surface area contributed by atoms with Gasteiger partial charge in [0.1, 0.15) is 0 Å². The largest absolute Gasteiger partial charge is 0.396 e. The van der Waals surface area contributed by atoms with E-state index in [-0.39, 0.29) is 0 Å². The minimum Gasteiger partial charge on any atom is -0.396 e. The topological polar surface area (TPSA) is 46.9 Å². The molecule has 2 rings (SSSR count). The molecule has 2 saturated heterocycles. The van der Waals surface area contributed by atoms with Gasteiger partial charge in [-0.15, -0.1) is 0 Å². The van der Waals surface area contributed by atoms with Gasteiger partial charge in [0.15, 0.2) is 0 Å². The summed E-state index contributed by atoms with van der Waals surface area (Å²) in [4.78, 5) is 4.97. The van der Waals surface area contributed by atoms with Crippen molar-refractivity contribution in [1.29, 1.82) is 0 Å². The standard InChI is InChI=1S/C18H34N2O2/c1-15-5-7-17(13-21)11-19(15)9-3-4-10-20-12-18(14-22)8-6-16(20)2/h3-4,15-18,21-22H,5-14H2,1-2H3/b4-3+/t15-,16-,17+,18+/m0/s1. The molecule has 0 aromatic rings. The predicted molar refractivity (Wildman–Crippen MR) is 90.8 cm³/mol. The van der Waals surface area contributed by atoms with Crippen molar-refractivity contribution in [2.24, 2.45) is 11.8 Å². The van der Waals surface area contributed by atoms with E-state index in [4.69, 9.17) is 0 Å². The summed E-state index contributed by atoms with van der Waals surface area (Å²) >= 11 is 0. The molecule has 22 heavy (non-hydrogen) atoms. The van der Waals surface area contributed by atoms with Gasteiger partial charge in [-0.2, -0.15) is 0 Å². The van der Waals surface area contributed by atoms with Crippen LogP contribution < -0.4 is 0 Å². The molecule has 0 bridgehead atoms. The van der Waals surface area contributed by atoms with E-state index >= 15 is 0 Å². The Morgan fingerprint density at radius 2 is 1.18 bits per heavy atom. The number of piperidine rings is 2. The minimum atomic E-state index is 0.320. The van der Waals surface area contributed by atoms with Crippen LogP contribution in [0.4, 0.5) is 0 Å². The van der Waals surface area contributed by atoms with E-state index in [1.165, 1.54) is 12.8 Å². The Balaban J connectivity index is 1.74. The maximum absolute atomic E-state index is 9.34. The summed E-state index contributed by atoms with van der Waals surface area (Å²) in [6.07, 6.45) is 9.27. The Morgan fingerprint density at radius 3 is 1.55 bits per heavy atom. The zero-order valence-corrected chi connectivity index (χ0v) is 14.3. The Kier molecular flexibility index (Phi) is 7.35. The number of likely N-dealkylation sites (tertiary alicyclic amines) is 2. The van der Waals surface area contributed by atoms with E-state index < -0.39 is 0 Å². The molecule has 0 aliphatic carbocycles. The molecule has 0 radical (unpaired) electrons. The van der Waals surface area contributed by atoms with Crippen molar-refractivity contribution in [3.63, 3.8) is 0 Å². The number of hydrogen-bond donors (Lipinski definition) is 2. The number of aliphatic hydroxyl groups excluding tert-OH is 2. The van der Waals surface area contributed by atoms with Crippen molar-refractivity contribution in [3.05, 3.63) is 12.2 Å². The highest BCUT2D eigenvalue weighted by molar-refractivity contribution is 4.92. The lowest BCUT2D eigenvalue weighted by Gasteiger charge is -2.37. The van der Waals surface area contributed by atoms with Crippen LogP contribution in [0.3, 0.4) is 0 Å². The zero-order chi connectivity index (χ0) is 15.9. The molecule has 0 saturated carbocycles. The van der Waals surface area contributed by atoms with Crippen LogP contribution in [-0.4, -0.2) is 71.5 Å². The molecule has 0 amide bonds. The van der Waals surface area contributed by atoms with Crippen molar-refractivity contribution < 1.29 is 10.2 Å². The molecule has 2 aliphatic rings. The second-order valence-corrected chi connectivity index (χ2v) is 7.33. The molecular formula is C18H34N2O2. The van der Waals surface area contributed by atoms with E-state index in [9.17, 15) is 10.2 Å². The summed E-state index contributed by atoms with van der Waals surface area (Å²) in [5.74, 6) is 0.911. The lowest BCUT2D eigenvalue weighted by atomic mass is 9.94. The van der Waals surface area contributed by atoms with Crippen LogP contribution in [0.5, 0.6) is 0 Å². The van der Waals surface area contributed by atoms with Crippen LogP contribution in [-0.2, 0) is 0 Å². The molecule has 2 fully saturated rings. The van der Waals surface area contributed by atoms with E-state index in [2.05, 4.69) is 35.8 Å². The fourth-order valence-electron chi connectivity index (χ4n) is 3.75. The molecular weight excluding hydrogens is 276 g/mol. The number of rotatable bonds is 6. The van der Waals surface area contributed by atoms with E-state index in [0.29, 0.717) is 37.1 Å². The highest BCUT2D eigenvalue weighted by Crippen LogP contribution is 2.22. The average Bonchev–Trinajstić information content (AvgIpc) is 2.54. The molecule has 2 heterocycles. The third kappa shape index (κ3) is 5.05. The second-order valence-electron chi connectivity index (χ2n) is 7.33. The van der Waals surface area contributed by atoms with Crippen LogP contribution in [0.25, 0.3) is 0 Å². The SMILES string of the molecule is C[C@H]1CC[C@@H](CO)CN1C/C=C/CN1C[C@H](CO)CC[C@@H]1C. The van der Waals surface area contributed by atoms with Gasteiger partial charge >= 0.3 is 0 Å². The number of nitrogens with zero attached hydrogens (tertiary/aromatic N) is 2. The summed E-state index contributed by atoms with van der Waals surface area (Å²) in [7, 11) is 0. The summed E-state index contributed by atoms with van der Waals surface area (Å²) in [5, 5.41) is 18.7. The molecule has 4 heteroatoms. The quantitative estimate of drug-likeness (QED) is 0.734. The third-order valence-electron chi connectivity index (χ3n) is 5.58. The molecule has 0 unspecified atom stereocenters. The normalized spacial score (nSPS) is 35.3. The number of aliphatic hydroxyl groups is 2. The fraction of sp³-hybridized carbons (Fsp3) is 0.889. The van der Waals surface area contributed by atoms with E-state index in [0.717, 1.165) is 39.0 Å². The molecule has 2 N–H and O–H groups in total. The van der Waals surface area contributed by atoms with Crippen molar-refractivity contribution in [2.75, 3.05) is 39.4 Å². The minimum absolute atomic E-state index is 0.320. The Hall–Kier alpha value is -0.420. The van der Waals surface area contributed by atoms with Crippen LogP contribution in [0.1, 0.15) is 39.5 Å². The highest BCUT2D eigenvalue weighted by Gasteiger charge is 2.25. The smallest absolute Gasteiger partial charge is 0.0471 e. The van der Waals surface area contributed by atoms with Crippen molar-refractivity contribution in [3.8, 4) is 0 Å². The van der Waals surface area contributed by atoms with Gasteiger partial charge in [-0.05, 0) is 51.4 Å². The van der Waals surface area contributed by atoms with Crippen molar-refractivity contribution in [1.82, 2.24) is 9.80 Å². The summed E-state index contributed by atoms with van der Waals surface area (Å²) in [6, 6.07) is 1.25. The van der Waals surface area contributed by atoms with Gasteiger partial charge in [0.25, 0.3) is 0 Å². The van der Waals surface area contributed by atoms with Gasteiger partial charge < -0.3 is 10.2 Å². The van der Waals surface area contributed by atoms with Crippen LogP contribution in [0.2, 0.25) is 0 Å². The fourth-order valence-corrected chi connectivity index (χ4v) is 3.75. The monoisotopic (exact) mass is 310 g/mol. The summed E-state index contributed by atoms with van der Waals surface area (Å²) in [6.45, 7) is 9.25. The molecule has 0 spiro atoms. The maximum atomic E-state index is 9.34. The van der Waals surface area contributed by atoms with Crippen LogP contribution in [0, 0.1) is 11.8 Å². The second kappa shape index (κ2) is 9.02. The van der Waals surface area contributed by atoms with Gasteiger partial charge in [0.2, 0.25) is 0 Å². The predicted octanol–water partition coefficient (Wildman–Crippen LogP) is 1.73. The number of hydrogen-bond acceptors (Lipinski definition) is 4. The molecule has 0 aromatic carbocycles. The van der Waals surface area contributed by atoms with Crippen molar-refractivity contribution in [2.45, 2.75) is 51.6 Å². The van der Waals surface area contributed by atoms with Gasteiger partial charge in [0, 0.05) is 51.5 Å². The van der Waals surface area contributed by atoms with Gasteiger partial charge in [-0.3, -0.25) is 9.80 Å². The van der Waals surface area contributed by atoms with E-state index in [1.807, 2.05) is 0 Å². The molecule has 4 nitrogen and oxygen atoms in total. The lowest BCUT2D eigenvalue weighted by Crippen LogP contribution is -2.43. The average molecular weight is 310 g/mol. The molecule has 4 atom stereocenters. The van der Waals surface area contributed by atoms with Gasteiger partial charge in [0.05, 0.1) is 0 Å². The van der Waals surface area contributed by atoms with E-state index in [1.54, 1.807) is 0 Å². The van der Waals surface area contributed by atoms with Crippen molar-refractivity contribution >= 4 is 0 Å². The highest BCUT2D eigenvalue weighted by atomic mass is 16.3. The Bertz CT molecular complexity index is 316. The Morgan fingerprint density at radius 1 is 0.773 bits per heavy atom. The first-order chi connectivity index (χ1) is 10.6. The van der Waals surface area contributed by atoms with Crippen LogP contribution in [0.15, 0.2) is 12.2 Å². The van der Waals surface area contributed by atoms with Gasteiger partial charge in [-0.25, -0.2) is 0 Å². The summed E-state index contributed by atoms with van der Waals surface area (Å²) < 4.78 is 0. The third-order valence-corrected chi connectivity index (χ3v) is 5.58. The lowest BCUT2D eigenvalue weighted by molar-refractivity contribution is 0.0895. The maximum Gasteiger partial charge on any atom is 0.0471 e. The van der Waals surface area contributed by atoms with Crippen LogP contribution >= 0.6 is 0 Å². The summed E-state index contributed by atoms with van der Waals surface area (Å²) in [5.41, 5.74) is 0. The first-order valence-corrected chi connectivity index (χ1v) is 8.98.